The lowest BCUT2D eigenvalue weighted by Crippen LogP contribution is -2.36. The van der Waals surface area contributed by atoms with E-state index in [4.69, 9.17) is 5.73 Å². The molecule has 0 bridgehead atoms. The van der Waals surface area contributed by atoms with Gasteiger partial charge in [0.1, 0.15) is 0 Å². The molecule has 1 heterocycles. The summed E-state index contributed by atoms with van der Waals surface area (Å²) < 4.78 is 0. The number of aliphatic hydroxyl groups excluding tert-OH is 1. The van der Waals surface area contributed by atoms with E-state index in [-0.39, 0.29) is 6.04 Å². The Hall–Kier alpha value is -1.84. The lowest BCUT2D eigenvalue weighted by atomic mass is 9.96. The van der Waals surface area contributed by atoms with Crippen molar-refractivity contribution < 1.29 is 5.11 Å². The molecule has 0 saturated heterocycles. The van der Waals surface area contributed by atoms with Gasteiger partial charge in [-0.2, -0.15) is 0 Å². The topological polar surface area (TPSA) is 49.5 Å². The second kappa shape index (κ2) is 5.65. The highest BCUT2D eigenvalue weighted by atomic mass is 16.3. The molecule has 0 amide bonds. The van der Waals surface area contributed by atoms with Gasteiger partial charge in [0.2, 0.25) is 0 Å². The number of fused-ring (bicyclic) bond motifs is 1. The molecule has 0 aliphatic carbocycles. The third-order valence-corrected chi connectivity index (χ3v) is 3.96. The van der Waals surface area contributed by atoms with Gasteiger partial charge in [-0.1, -0.05) is 48.5 Å². The molecule has 2 unspecified atom stereocenters. The Morgan fingerprint density at radius 3 is 2.60 bits per heavy atom. The zero-order chi connectivity index (χ0) is 13.9. The van der Waals surface area contributed by atoms with E-state index >= 15 is 0 Å². The molecule has 104 valence electrons. The lowest BCUT2D eigenvalue weighted by Gasteiger charge is -2.35. The number of aliphatic hydroxyl groups is 1. The first-order valence-corrected chi connectivity index (χ1v) is 7.08. The number of anilines is 1. The quantitative estimate of drug-likeness (QED) is 0.899. The molecule has 3 rings (SSSR count). The predicted molar refractivity (Wildman–Crippen MR) is 81.6 cm³/mol. The van der Waals surface area contributed by atoms with Gasteiger partial charge in [-0.25, -0.2) is 0 Å². The Kier molecular flexibility index (Phi) is 3.72. The van der Waals surface area contributed by atoms with Crippen LogP contribution in [0.3, 0.4) is 0 Å². The second-order valence-electron chi connectivity index (χ2n) is 5.33. The fraction of sp³-hybridized carbons (Fsp3) is 0.294. The normalized spacial score (nSPS) is 19.5. The molecule has 2 atom stereocenters. The van der Waals surface area contributed by atoms with Gasteiger partial charge >= 0.3 is 0 Å². The Morgan fingerprint density at radius 1 is 1.10 bits per heavy atom. The molecule has 0 spiro atoms. The largest absolute Gasteiger partial charge is 0.387 e. The van der Waals surface area contributed by atoms with Gasteiger partial charge in [0.25, 0.3) is 0 Å². The van der Waals surface area contributed by atoms with E-state index in [2.05, 4.69) is 17.0 Å². The summed E-state index contributed by atoms with van der Waals surface area (Å²) >= 11 is 0. The van der Waals surface area contributed by atoms with Crippen LogP contribution in [-0.2, 0) is 0 Å². The number of hydrogen-bond donors (Lipinski definition) is 2. The minimum absolute atomic E-state index is 0.108. The van der Waals surface area contributed by atoms with Gasteiger partial charge in [0.15, 0.2) is 0 Å². The fourth-order valence-corrected chi connectivity index (χ4v) is 2.84. The van der Waals surface area contributed by atoms with Gasteiger partial charge in [0.05, 0.1) is 6.10 Å². The molecule has 0 saturated carbocycles. The Balaban J connectivity index is 1.81. The summed E-state index contributed by atoms with van der Waals surface area (Å²) in [6.45, 7) is 1.50. The average molecular weight is 268 g/mol. The number of hydrogen-bond acceptors (Lipinski definition) is 3. The van der Waals surface area contributed by atoms with Crippen molar-refractivity contribution in [1.82, 2.24) is 0 Å². The van der Waals surface area contributed by atoms with Crippen LogP contribution in [0.15, 0.2) is 54.6 Å². The fourth-order valence-electron chi connectivity index (χ4n) is 2.84. The number of para-hydroxylation sites is 1. The van der Waals surface area contributed by atoms with Crippen molar-refractivity contribution in [3.8, 4) is 0 Å². The molecule has 1 aliphatic rings. The SMILES string of the molecule is NC1CCN(CC(O)c2ccccc2)c2ccccc21. The molecular weight excluding hydrogens is 248 g/mol. The molecule has 0 fully saturated rings. The van der Waals surface area contributed by atoms with E-state index in [0.717, 1.165) is 24.2 Å². The maximum absolute atomic E-state index is 10.4. The molecule has 0 radical (unpaired) electrons. The first-order valence-electron chi connectivity index (χ1n) is 7.08. The third kappa shape index (κ3) is 2.55. The zero-order valence-corrected chi connectivity index (χ0v) is 11.4. The number of benzene rings is 2. The van der Waals surface area contributed by atoms with Crippen molar-refractivity contribution >= 4 is 5.69 Å². The van der Waals surface area contributed by atoms with Crippen molar-refractivity contribution in [2.24, 2.45) is 5.73 Å². The summed E-state index contributed by atoms with van der Waals surface area (Å²) in [5.74, 6) is 0. The van der Waals surface area contributed by atoms with Gasteiger partial charge in [-0.15, -0.1) is 0 Å². The second-order valence-corrected chi connectivity index (χ2v) is 5.33. The van der Waals surface area contributed by atoms with E-state index < -0.39 is 6.10 Å². The molecule has 3 nitrogen and oxygen atoms in total. The molecule has 3 N–H and O–H groups in total. The maximum Gasteiger partial charge on any atom is 0.0964 e. The molecule has 2 aromatic carbocycles. The summed E-state index contributed by atoms with van der Waals surface area (Å²) in [6, 6.07) is 18.1. The van der Waals surface area contributed by atoms with Crippen LogP contribution in [0, 0.1) is 0 Å². The third-order valence-electron chi connectivity index (χ3n) is 3.96. The average Bonchev–Trinajstić information content (AvgIpc) is 2.51. The molecule has 3 heteroatoms. The summed E-state index contributed by atoms with van der Waals surface area (Å²) in [7, 11) is 0. The van der Waals surface area contributed by atoms with Gasteiger partial charge < -0.3 is 15.7 Å². The number of nitrogens with two attached hydrogens (primary N) is 1. The number of rotatable bonds is 3. The molecule has 1 aliphatic heterocycles. The monoisotopic (exact) mass is 268 g/mol. The van der Waals surface area contributed by atoms with Crippen LogP contribution in [0.2, 0.25) is 0 Å². The van der Waals surface area contributed by atoms with E-state index in [1.165, 1.54) is 5.56 Å². The van der Waals surface area contributed by atoms with Crippen molar-refractivity contribution in [2.45, 2.75) is 18.6 Å². The molecule has 0 aromatic heterocycles. The van der Waals surface area contributed by atoms with E-state index in [9.17, 15) is 5.11 Å². The lowest BCUT2D eigenvalue weighted by molar-refractivity contribution is 0.182. The van der Waals surface area contributed by atoms with E-state index in [1.54, 1.807) is 0 Å². The van der Waals surface area contributed by atoms with Crippen molar-refractivity contribution in [1.29, 1.82) is 0 Å². The highest BCUT2D eigenvalue weighted by Gasteiger charge is 2.23. The van der Waals surface area contributed by atoms with Crippen LogP contribution in [0.5, 0.6) is 0 Å². The van der Waals surface area contributed by atoms with Gasteiger partial charge in [-0.3, -0.25) is 0 Å². The van der Waals surface area contributed by atoms with E-state index in [0.29, 0.717) is 6.54 Å². The zero-order valence-electron chi connectivity index (χ0n) is 11.4. The summed E-state index contributed by atoms with van der Waals surface area (Å²) in [6.07, 6.45) is 0.456. The van der Waals surface area contributed by atoms with Crippen LogP contribution in [-0.4, -0.2) is 18.2 Å². The number of β-amino-alcohol motifs (C(OH)–C–C–N with tert-alkyl or cyclic N) is 1. The summed E-state index contributed by atoms with van der Waals surface area (Å²) in [5, 5.41) is 10.4. The minimum atomic E-state index is -0.474. The van der Waals surface area contributed by atoms with Crippen LogP contribution < -0.4 is 10.6 Å². The Morgan fingerprint density at radius 2 is 1.80 bits per heavy atom. The van der Waals surface area contributed by atoms with Crippen LogP contribution >= 0.6 is 0 Å². The number of nitrogens with zero attached hydrogens (tertiary/aromatic N) is 1. The summed E-state index contributed by atoms with van der Waals surface area (Å²) in [4.78, 5) is 2.23. The molecule has 2 aromatic rings. The molecular formula is C17H20N2O. The highest BCUT2D eigenvalue weighted by molar-refractivity contribution is 5.57. The van der Waals surface area contributed by atoms with Crippen molar-refractivity contribution in [2.75, 3.05) is 18.0 Å². The minimum Gasteiger partial charge on any atom is -0.387 e. The Labute approximate surface area is 119 Å². The van der Waals surface area contributed by atoms with Crippen LogP contribution in [0.1, 0.15) is 29.7 Å². The van der Waals surface area contributed by atoms with E-state index in [1.807, 2.05) is 42.5 Å². The standard InChI is InChI=1S/C17H20N2O/c18-15-10-11-19(16-9-5-4-8-14(15)16)12-17(20)13-6-2-1-3-7-13/h1-9,15,17,20H,10-12,18H2. The molecule has 20 heavy (non-hydrogen) atoms. The smallest absolute Gasteiger partial charge is 0.0964 e. The van der Waals surface area contributed by atoms with Gasteiger partial charge in [0, 0.05) is 24.8 Å². The first kappa shape index (κ1) is 13.2. The van der Waals surface area contributed by atoms with Crippen molar-refractivity contribution in [3.63, 3.8) is 0 Å². The first-order chi connectivity index (χ1) is 9.75. The Bertz CT molecular complexity index is 570. The van der Waals surface area contributed by atoms with Crippen LogP contribution in [0.25, 0.3) is 0 Å². The summed E-state index contributed by atoms with van der Waals surface area (Å²) in [5.41, 5.74) is 9.45. The van der Waals surface area contributed by atoms with Crippen LogP contribution in [0.4, 0.5) is 5.69 Å². The highest BCUT2D eigenvalue weighted by Crippen LogP contribution is 2.33. The van der Waals surface area contributed by atoms with Gasteiger partial charge in [-0.05, 0) is 23.6 Å². The predicted octanol–water partition coefficient (Wildman–Crippen LogP) is 2.63. The maximum atomic E-state index is 10.4. The van der Waals surface area contributed by atoms with Crippen molar-refractivity contribution in [3.05, 3.63) is 65.7 Å².